The van der Waals surface area contributed by atoms with Gasteiger partial charge in [-0.15, -0.1) is 0 Å². The SMILES string of the molecule is CSCC(CCO)NC(=O)c1[nH]c2ccc(C)cc2c1C. The smallest absolute Gasteiger partial charge is 0.268 e. The fourth-order valence-electron chi connectivity index (χ4n) is 2.48. The molecule has 0 saturated heterocycles. The molecule has 1 atom stereocenters. The van der Waals surface area contributed by atoms with Gasteiger partial charge in [-0.2, -0.15) is 11.8 Å². The summed E-state index contributed by atoms with van der Waals surface area (Å²) >= 11 is 1.66. The Morgan fingerprint density at radius 3 is 2.86 bits per heavy atom. The van der Waals surface area contributed by atoms with Crippen molar-refractivity contribution < 1.29 is 9.90 Å². The van der Waals surface area contributed by atoms with Gasteiger partial charge in [0, 0.05) is 29.3 Å². The Hall–Kier alpha value is -1.46. The van der Waals surface area contributed by atoms with Crippen LogP contribution < -0.4 is 5.32 Å². The number of hydrogen-bond donors (Lipinski definition) is 3. The number of hydrogen-bond acceptors (Lipinski definition) is 3. The summed E-state index contributed by atoms with van der Waals surface area (Å²) in [6.45, 7) is 4.08. The van der Waals surface area contributed by atoms with Crippen molar-refractivity contribution in [1.82, 2.24) is 10.3 Å². The average molecular weight is 306 g/mol. The summed E-state index contributed by atoms with van der Waals surface area (Å²) in [4.78, 5) is 15.6. The number of benzene rings is 1. The quantitative estimate of drug-likeness (QED) is 0.768. The first-order valence-corrected chi connectivity index (χ1v) is 8.45. The van der Waals surface area contributed by atoms with Crippen molar-refractivity contribution in [2.24, 2.45) is 0 Å². The minimum Gasteiger partial charge on any atom is -0.396 e. The summed E-state index contributed by atoms with van der Waals surface area (Å²) in [5.74, 6) is 0.693. The third-order valence-electron chi connectivity index (χ3n) is 3.62. The molecule has 3 N–H and O–H groups in total. The van der Waals surface area contributed by atoms with Crippen LogP contribution in [0.5, 0.6) is 0 Å². The molecule has 0 aliphatic rings. The van der Waals surface area contributed by atoms with Crippen LogP contribution in [0.3, 0.4) is 0 Å². The summed E-state index contributed by atoms with van der Waals surface area (Å²) in [6.07, 6.45) is 2.57. The third kappa shape index (κ3) is 3.60. The van der Waals surface area contributed by atoms with E-state index in [1.165, 1.54) is 5.56 Å². The topological polar surface area (TPSA) is 65.1 Å². The molecule has 5 heteroatoms. The number of rotatable bonds is 6. The van der Waals surface area contributed by atoms with E-state index in [-0.39, 0.29) is 18.6 Å². The normalized spacial score (nSPS) is 12.6. The van der Waals surface area contributed by atoms with Gasteiger partial charge < -0.3 is 15.4 Å². The Labute approximate surface area is 129 Å². The highest BCUT2D eigenvalue weighted by molar-refractivity contribution is 7.98. The molecule has 2 rings (SSSR count). The Kier molecular flexibility index (Phi) is 5.31. The van der Waals surface area contributed by atoms with E-state index in [1.54, 1.807) is 11.8 Å². The van der Waals surface area contributed by atoms with Gasteiger partial charge in [0.2, 0.25) is 0 Å². The Morgan fingerprint density at radius 1 is 1.43 bits per heavy atom. The van der Waals surface area contributed by atoms with Crippen LogP contribution in [0.4, 0.5) is 0 Å². The fourth-order valence-corrected chi connectivity index (χ4v) is 3.13. The molecule has 1 aromatic heterocycles. The second kappa shape index (κ2) is 7.00. The van der Waals surface area contributed by atoms with Gasteiger partial charge >= 0.3 is 0 Å². The van der Waals surface area contributed by atoms with E-state index in [1.807, 2.05) is 32.2 Å². The number of aromatic nitrogens is 1. The highest BCUT2D eigenvalue weighted by Crippen LogP contribution is 2.23. The molecule has 0 bridgehead atoms. The number of aliphatic hydroxyl groups excluding tert-OH is 1. The zero-order valence-electron chi connectivity index (χ0n) is 12.7. The van der Waals surface area contributed by atoms with E-state index >= 15 is 0 Å². The number of H-pyrrole nitrogens is 1. The molecule has 1 aromatic carbocycles. The number of thioether (sulfide) groups is 1. The van der Waals surface area contributed by atoms with Gasteiger partial charge in [0.25, 0.3) is 5.91 Å². The molecule has 4 nitrogen and oxygen atoms in total. The Bertz CT molecular complexity index is 630. The number of carbonyl (C=O) groups is 1. The number of aryl methyl sites for hydroxylation is 2. The highest BCUT2D eigenvalue weighted by Gasteiger charge is 2.18. The van der Waals surface area contributed by atoms with E-state index in [4.69, 9.17) is 5.11 Å². The zero-order valence-corrected chi connectivity index (χ0v) is 13.5. The minimum atomic E-state index is -0.103. The number of carbonyl (C=O) groups excluding carboxylic acids is 1. The molecule has 21 heavy (non-hydrogen) atoms. The van der Waals surface area contributed by atoms with Crippen LogP contribution in [0.15, 0.2) is 18.2 Å². The number of fused-ring (bicyclic) bond motifs is 1. The van der Waals surface area contributed by atoms with Crippen LogP contribution in [-0.4, -0.2) is 40.7 Å². The molecular formula is C16H22N2O2S. The minimum absolute atomic E-state index is 0.00921. The van der Waals surface area contributed by atoms with Crippen molar-refractivity contribution in [3.63, 3.8) is 0 Å². The van der Waals surface area contributed by atoms with E-state index in [0.29, 0.717) is 12.1 Å². The number of nitrogens with one attached hydrogen (secondary N) is 2. The maximum atomic E-state index is 12.4. The molecule has 114 valence electrons. The summed E-state index contributed by atoms with van der Waals surface area (Å²) in [6, 6.07) is 6.11. The van der Waals surface area contributed by atoms with Crippen molar-refractivity contribution in [3.8, 4) is 0 Å². The molecule has 1 heterocycles. The molecule has 1 unspecified atom stereocenters. The van der Waals surface area contributed by atoms with Gasteiger partial charge in [-0.05, 0) is 44.2 Å². The van der Waals surface area contributed by atoms with Crippen molar-refractivity contribution in [2.45, 2.75) is 26.3 Å². The first-order chi connectivity index (χ1) is 10.1. The molecule has 0 aliphatic heterocycles. The predicted molar refractivity (Wildman–Crippen MR) is 89.1 cm³/mol. The number of aliphatic hydroxyl groups is 1. The van der Waals surface area contributed by atoms with E-state index in [2.05, 4.69) is 16.4 Å². The fraction of sp³-hybridized carbons (Fsp3) is 0.438. The van der Waals surface area contributed by atoms with Crippen LogP contribution in [0.1, 0.15) is 28.0 Å². The predicted octanol–water partition coefficient (Wildman–Crippen LogP) is 2.63. The van der Waals surface area contributed by atoms with Crippen molar-refractivity contribution in [1.29, 1.82) is 0 Å². The lowest BCUT2D eigenvalue weighted by molar-refractivity contribution is 0.0930. The third-order valence-corrected chi connectivity index (χ3v) is 4.36. The summed E-state index contributed by atoms with van der Waals surface area (Å²) < 4.78 is 0. The maximum Gasteiger partial charge on any atom is 0.268 e. The van der Waals surface area contributed by atoms with Gasteiger partial charge in [0.15, 0.2) is 0 Å². The lowest BCUT2D eigenvalue weighted by Gasteiger charge is -2.16. The summed E-state index contributed by atoms with van der Waals surface area (Å²) in [5, 5.41) is 13.2. The van der Waals surface area contributed by atoms with Gasteiger partial charge in [-0.1, -0.05) is 11.6 Å². The standard InChI is InChI=1S/C16H22N2O2S/c1-10-4-5-14-13(8-10)11(2)15(18-14)16(20)17-12(6-7-19)9-21-3/h4-5,8,12,18-19H,6-7,9H2,1-3H3,(H,17,20). The highest BCUT2D eigenvalue weighted by atomic mass is 32.2. The largest absolute Gasteiger partial charge is 0.396 e. The molecule has 0 radical (unpaired) electrons. The zero-order chi connectivity index (χ0) is 15.4. The molecular weight excluding hydrogens is 284 g/mol. The van der Waals surface area contributed by atoms with Crippen molar-refractivity contribution in [2.75, 3.05) is 18.6 Å². The van der Waals surface area contributed by atoms with Crippen LogP contribution in [0.2, 0.25) is 0 Å². The Balaban J connectivity index is 2.24. The molecule has 1 amide bonds. The summed E-state index contributed by atoms with van der Waals surface area (Å²) in [5.41, 5.74) is 3.74. The number of aromatic amines is 1. The maximum absolute atomic E-state index is 12.4. The molecule has 0 saturated carbocycles. The van der Waals surface area contributed by atoms with Crippen molar-refractivity contribution in [3.05, 3.63) is 35.0 Å². The van der Waals surface area contributed by atoms with E-state index in [0.717, 1.165) is 22.2 Å². The van der Waals surface area contributed by atoms with Crippen molar-refractivity contribution >= 4 is 28.6 Å². The Morgan fingerprint density at radius 2 is 2.19 bits per heavy atom. The van der Waals surface area contributed by atoms with Gasteiger partial charge in [0.1, 0.15) is 5.69 Å². The second-order valence-electron chi connectivity index (χ2n) is 5.31. The lowest BCUT2D eigenvalue weighted by Crippen LogP contribution is -2.37. The van der Waals surface area contributed by atoms with E-state index in [9.17, 15) is 4.79 Å². The van der Waals surface area contributed by atoms with Gasteiger partial charge in [-0.3, -0.25) is 4.79 Å². The molecule has 0 fully saturated rings. The molecule has 2 aromatic rings. The van der Waals surface area contributed by atoms with Gasteiger partial charge in [-0.25, -0.2) is 0 Å². The second-order valence-corrected chi connectivity index (χ2v) is 6.22. The first-order valence-electron chi connectivity index (χ1n) is 7.06. The van der Waals surface area contributed by atoms with E-state index < -0.39 is 0 Å². The molecule has 0 aliphatic carbocycles. The van der Waals surface area contributed by atoms with Crippen LogP contribution in [-0.2, 0) is 0 Å². The van der Waals surface area contributed by atoms with Crippen LogP contribution >= 0.6 is 11.8 Å². The lowest BCUT2D eigenvalue weighted by atomic mass is 10.1. The monoisotopic (exact) mass is 306 g/mol. The molecule has 0 spiro atoms. The number of amides is 1. The summed E-state index contributed by atoms with van der Waals surface area (Å²) in [7, 11) is 0. The van der Waals surface area contributed by atoms with Crippen LogP contribution in [0.25, 0.3) is 10.9 Å². The van der Waals surface area contributed by atoms with Gasteiger partial charge in [0.05, 0.1) is 0 Å². The first kappa shape index (κ1) is 15.9. The average Bonchev–Trinajstić information content (AvgIpc) is 2.77. The van der Waals surface area contributed by atoms with Crippen LogP contribution in [0, 0.1) is 13.8 Å².